The Labute approximate surface area is 121 Å². The topological polar surface area (TPSA) is 21.3 Å². The van der Waals surface area contributed by atoms with Crippen LogP contribution in [-0.4, -0.2) is 13.7 Å². The Hall–Kier alpha value is -1.32. The van der Waals surface area contributed by atoms with Gasteiger partial charge in [0.1, 0.15) is 5.75 Å². The van der Waals surface area contributed by atoms with E-state index >= 15 is 0 Å². The molecule has 19 heavy (non-hydrogen) atoms. The number of hydrogen-bond donors (Lipinski definition) is 1. The third-order valence-electron chi connectivity index (χ3n) is 3.60. The number of hydrogen-bond acceptors (Lipinski definition) is 2. The average Bonchev–Trinajstić information content (AvgIpc) is 2.46. The van der Waals surface area contributed by atoms with Crippen molar-refractivity contribution in [2.75, 3.05) is 13.7 Å². The first kappa shape index (κ1) is 12.7. The molecule has 0 fully saturated rings. The molecule has 3 rings (SSSR count). The van der Waals surface area contributed by atoms with Crippen LogP contribution in [0.4, 0.5) is 0 Å². The van der Waals surface area contributed by atoms with Crippen molar-refractivity contribution in [1.29, 1.82) is 0 Å². The van der Waals surface area contributed by atoms with Gasteiger partial charge in [-0.3, -0.25) is 0 Å². The Balaban J connectivity index is 2.09. The van der Waals surface area contributed by atoms with Crippen LogP contribution in [-0.2, 0) is 6.42 Å². The van der Waals surface area contributed by atoms with Crippen LogP contribution in [0.15, 0.2) is 46.9 Å². The van der Waals surface area contributed by atoms with Gasteiger partial charge in [0.05, 0.1) is 17.6 Å². The minimum atomic E-state index is 0.256. The van der Waals surface area contributed by atoms with Crippen molar-refractivity contribution in [1.82, 2.24) is 5.32 Å². The van der Waals surface area contributed by atoms with E-state index in [1.807, 2.05) is 0 Å². The molecule has 0 spiro atoms. The molecule has 2 aromatic rings. The van der Waals surface area contributed by atoms with Gasteiger partial charge >= 0.3 is 0 Å². The van der Waals surface area contributed by atoms with Crippen LogP contribution in [0, 0.1) is 0 Å². The van der Waals surface area contributed by atoms with Crippen LogP contribution in [0.2, 0.25) is 0 Å². The van der Waals surface area contributed by atoms with E-state index in [0.717, 1.165) is 23.2 Å². The standard InChI is InChI=1S/C16H16BrNO/c1-19-15-10-13-12(9-14(15)17)7-8-18-16(13)11-5-3-2-4-6-11/h2-6,9-10,16,18H,7-8H2,1H3/t16-/m1/s1. The van der Waals surface area contributed by atoms with Crippen LogP contribution in [0.25, 0.3) is 0 Å². The predicted octanol–water partition coefficient (Wildman–Crippen LogP) is 3.69. The molecule has 0 aliphatic carbocycles. The van der Waals surface area contributed by atoms with E-state index < -0.39 is 0 Å². The smallest absolute Gasteiger partial charge is 0.133 e. The molecule has 2 nitrogen and oxygen atoms in total. The lowest BCUT2D eigenvalue weighted by Crippen LogP contribution is -2.30. The van der Waals surface area contributed by atoms with E-state index in [1.165, 1.54) is 16.7 Å². The Bertz CT molecular complexity index is 583. The molecule has 0 radical (unpaired) electrons. The summed E-state index contributed by atoms with van der Waals surface area (Å²) in [5, 5.41) is 3.59. The summed E-state index contributed by atoms with van der Waals surface area (Å²) in [6.45, 7) is 1.01. The highest BCUT2D eigenvalue weighted by Crippen LogP contribution is 2.35. The first-order valence-electron chi connectivity index (χ1n) is 6.44. The lowest BCUT2D eigenvalue weighted by atomic mass is 9.90. The van der Waals surface area contributed by atoms with Crippen molar-refractivity contribution in [2.45, 2.75) is 12.5 Å². The lowest BCUT2D eigenvalue weighted by Gasteiger charge is -2.28. The molecule has 0 amide bonds. The molecule has 0 saturated heterocycles. The summed E-state index contributed by atoms with van der Waals surface area (Å²) in [6, 6.07) is 15.1. The second-order valence-corrected chi connectivity index (χ2v) is 5.59. The molecule has 1 heterocycles. The van der Waals surface area contributed by atoms with Crippen molar-refractivity contribution in [2.24, 2.45) is 0 Å². The molecule has 1 aliphatic rings. The summed E-state index contributed by atoms with van der Waals surface area (Å²) in [5.41, 5.74) is 4.01. The quantitative estimate of drug-likeness (QED) is 0.912. The van der Waals surface area contributed by atoms with Crippen LogP contribution < -0.4 is 10.1 Å². The van der Waals surface area contributed by atoms with Crippen molar-refractivity contribution in [3.05, 3.63) is 63.6 Å². The van der Waals surface area contributed by atoms with Gasteiger partial charge in [0.25, 0.3) is 0 Å². The summed E-state index contributed by atoms with van der Waals surface area (Å²) < 4.78 is 6.45. The van der Waals surface area contributed by atoms with Crippen LogP contribution in [0.3, 0.4) is 0 Å². The molecule has 1 N–H and O–H groups in total. The number of nitrogens with one attached hydrogen (secondary N) is 1. The third kappa shape index (κ3) is 2.40. The maximum Gasteiger partial charge on any atom is 0.133 e. The van der Waals surface area contributed by atoms with Crippen molar-refractivity contribution in [3.63, 3.8) is 0 Å². The maximum absolute atomic E-state index is 5.42. The number of rotatable bonds is 2. The Kier molecular flexibility index (Phi) is 3.58. The van der Waals surface area contributed by atoms with Crippen molar-refractivity contribution < 1.29 is 4.74 Å². The summed E-state index contributed by atoms with van der Waals surface area (Å²) in [7, 11) is 1.71. The van der Waals surface area contributed by atoms with Crippen molar-refractivity contribution in [3.8, 4) is 5.75 Å². The van der Waals surface area contributed by atoms with Gasteiger partial charge in [0, 0.05) is 6.54 Å². The van der Waals surface area contributed by atoms with Crippen LogP contribution in [0.5, 0.6) is 5.75 Å². The zero-order valence-corrected chi connectivity index (χ0v) is 12.4. The Morgan fingerprint density at radius 3 is 2.74 bits per heavy atom. The van der Waals surface area contributed by atoms with Gasteiger partial charge in [0.15, 0.2) is 0 Å². The lowest BCUT2D eigenvalue weighted by molar-refractivity contribution is 0.410. The SMILES string of the molecule is COc1cc2c(cc1Br)CCN[C@@H]2c1ccccc1. The first-order chi connectivity index (χ1) is 9.29. The molecule has 0 bridgehead atoms. The fraction of sp³-hybridized carbons (Fsp3) is 0.250. The number of fused-ring (bicyclic) bond motifs is 1. The zero-order valence-electron chi connectivity index (χ0n) is 10.8. The molecule has 1 aliphatic heterocycles. The highest BCUT2D eigenvalue weighted by molar-refractivity contribution is 9.10. The van der Waals surface area contributed by atoms with Crippen LogP contribution in [0.1, 0.15) is 22.7 Å². The molecule has 2 aromatic carbocycles. The zero-order chi connectivity index (χ0) is 13.2. The maximum atomic E-state index is 5.42. The van der Waals surface area contributed by atoms with E-state index in [-0.39, 0.29) is 6.04 Å². The summed E-state index contributed by atoms with van der Waals surface area (Å²) >= 11 is 3.57. The molecule has 0 aromatic heterocycles. The van der Waals surface area contributed by atoms with Crippen LogP contribution >= 0.6 is 15.9 Å². The Morgan fingerprint density at radius 2 is 2.00 bits per heavy atom. The van der Waals surface area contributed by atoms with E-state index in [2.05, 4.69) is 63.7 Å². The number of methoxy groups -OCH3 is 1. The minimum Gasteiger partial charge on any atom is -0.496 e. The number of halogens is 1. The van der Waals surface area contributed by atoms with Gasteiger partial charge < -0.3 is 10.1 Å². The second kappa shape index (κ2) is 5.35. The van der Waals surface area contributed by atoms with Gasteiger partial charge in [-0.05, 0) is 51.2 Å². The van der Waals surface area contributed by atoms with Gasteiger partial charge in [-0.2, -0.15) is 0 Å². The normalized spacial score (nSPS) is 17.9. The van der Waals surface area contributed by atoms with E-state index in [0.29, 0.717) is 0 Å². The number of ether oxygens (including phenoxy) is 1. The molecule has 3 heteroatoms. The molecule has 98 valence electrons. The fourth-order valence-electron chi connectivity index (χ4n) is 2.66. The fourth-order valence-corrected chi connectivity index (χ4v) is 3.21. The molecular weight excluding hydrogens is 302 g/mol. The summed E-state index contributed by atoms with van der Waals surface area (Å²) in [6.07, 6.45) is 1.06. The van der Waals surface area contributed by atoms with Gasteiger partial charge in [0.2, 0.25) is 0 Å². The molecular formula is C16H16BrNO. The van der Waals surface area contributed by atoms with Gasteiger partial charge in [-0.1, -0.05) is 30.3 Å². The molecule has 0 unspecified atom stereocenters. The highest BCUT2D eigenvalue weighted by Gasteiger charge is 2.22. The highest BCUT2D eigenvalue weighted by atomic mass is 79.9. The van der Waals surface area contributed by atoms with Gasteiger partial charge in [-0.15, -0.1) is 0 Å². The predicted molar refractivity (Wildman–Crippen MR) is 80.7 cm³/mol. The minimum absolute atomic E-state index is 0.256. The van der Waals surface area contributed by atoms with E-state index in [1.54, 1.807) is 7.11 Å². The third-order valence-corrected chi connectivity index (χ3v) is 4.22. The Morgan fingerprint density at radius 1 is 1.21 bits per heavy atom. The average molecular weight is 318 g/mol. The van der Waals surface area contributed by atoms with Gasteiger partial charge in [-0.25, -0.2) is 0 Å². The monoisotopic (exact) mass is 317 g/mol. The molecule has 1 atom stereocenters. The first-order valence-corrected chi connectivity index (χ1v) is 7.23. The van der Waals surface area contributed by atoms with Crippen molar-refractivity contribution >= 4 is 15.9 Å². The summed E-state index contributed by atoms with van der Waals surface area (Å²) in [4.78, 5) is 0. The summed E-state index contributed by atoms with van der Waals surface area (Å²) in [5.74, 6) is 0.892. The van der Waals surface area contributed by atoms with E-state index in [4.69, 9.17) is 4.74 Å². The van der Waals surface area contributed by atoms with E-state index in [9.17, 15) is 0 Å². The number of benzene rings is 2. The second-order valence-electron chi connectivity index (χ2n) is 4.73. The molecule has 0 saturated carbocycles. The largest absolute Gasteiger partial charge is 0.496 e.